The number of fused-ring (bicyclic) bond motifs is 3. The first-order chi connectivity index (χ1) is 16.3. The highest BCUT2D eigenvalue weighted by Gasteiger charge is 2.20. The number of rotatable bonds is 3. The largest absolute Gasteiger partial charge is 0.378 e. The number of hydrogen-bond donors (Lipinski definition) is 1. The number of hydrazone groups is 1. The quantitative estimate of drug-likeness (QED) is 0.383. The molecule has 4 aromatic rings. The van der Waals surface area contributed by atoms with Crippen LogP contribution in [0.3, 0.4) is 0 Å². The Morgan fingerprint density at radius 3 is 2.09 bits per heavy atom. The Hall–Kier alpha value is -3.92. The van der Waals surface area contributed by atoms with Gasteiger partial charge in [0.25, 0.3) is 0 Å². The van der Waals surface area contributed by atoms with Crippen LogP contribution in [0.2, 0.25) is 0 Å². The number of benzene rings is 4. The van der Waals surface area contributed by atoms with Crippen molar-refractivity contribution in [1.29, 1.82) is 0 Å². The van der Waals surface area contributed by atoms with Crippen LogP contribution in [0.5, 0.6) is 0 Å². The van der Waals surface area contributed by atoms with Crippen molar-refractivity contribution in [3.05, 3.63) is 107 Å². The van der Waals surface area contributed by atoms with Crippen LogP contribution in [-0.4, -0.2) is 25.6 Å². The summed E-state index contributed by atoms with van der Waals surface area (Å²) in [5.74, 6) is 0.748. The van der Waals surface area contributed by atoms with Gasteiger partial charge in [0.15, 0.2) is 5.84 Å². The summed E-state index contributed by atoms with van der Waals surface area (Å²) in [6.07, 6.45) is 0. The van der Waals surface area contributed by atoms with Crippen LogP contribution in [-0.2, 0) is 5.41 Å². The molecule has 0 atom stereocenters. The van der Waals surface area contributed by atoms with Crippen molar-refractivity contribution in [2.45, 2.75) is 26.2 Å². The van der Waals surface area contributed by atoms with Gasteiger partial charge in [-0.25, -0.2) is 4.99 Å². The molecule has 0 bridgehead atoms. The molecule has 5 rings (SSSR count). The molecule has 4 aromatic carbocycles. The topological polar surface area (TPSA) is 40.0 Å². The van der Waals surface area contributed by atoms with Gasteiger partial charge >= 0.3 is 0 Å². The van der Waals surface area contributed by atoms with Crippen molar-refractivity contribution in [1.82, 2.24) is 5.43 Å². The zero-order valence-electron chi connectivity index (χ0n) is 20.4. The Bertz CT molecular complexity index is 1400. The van der Waals surface area contributed by atoms with E-state index in [9.17, 15) is 0 Å². The summed E-state index contributed by atoms with van der Waals surface area (Å²) >= 11 is 0. The maximum absolute atomic E-state index is 5.13. The smallest absolute Gasteiger partial charge is 0.154 e. The summed E-state index contributed by atoms with van der Waals surface area (Å²) in [7, 11) is 4.10. The van der Waals surface area contributed by atoms with Gasteiger partial charge in [-0.15, -0.1) is 0 Å². The van der Waals surface area contributed by atoms with Gasteiger partial charge in [-0.05, 0) is 34.6 Å². The first-order valence-electron chi connectivity index (χ1n) is 11.6. The predicted octanol–water partition coefficient (Wildman–Crippen LogP) is 6.64. The van der Waals surface area contributed by atoms with Crippen LogP contribution in [0.15, 0.2) is 95.0 Å². The van der Waals surface area contributed by atoms with Gasteiger partial charge in [-0.3, -0.25) is 5.43 Å². The van der Waals surface area contributed by atoms with Crippen LogP contribution in [0.1, 0.15) is 43.0 Å². The van der Waals surface area contributed by atoms with Crippen molar-refractivity contribution >= 4 is 33.7 Å². The van der Waals surface area contributed by atoms with Gasteiger partial charge in [0, 0.05) is 41.9 Å². The van der Waals surface area contributed by atoms with Crippen molar-refractivity contribution < 1.29 is 0 Å². The molecule has 0 fully saturated rings. The Balaban J connectivity index is 1.66. The van der Waals surface area contributed by atoms with Gasteiger partial charge in [0.05, 0.1) is 11.4 Å². The zero-order valence-corrected chi connectivity index (χ0v) is 20.4. The molecule has 1 N–H and O–H groups in total. The average Bonchev–Trinajstić information content (AvgIpc) is 3.04. The van der Waals surface area contributed by atoms with E-state index in [-0.39, 0.29) is 5.41 Å². The summed E-state index contributed by atoms with van der Waals surface area (Å²) in [6.45, 7) is 6.68. The molecule has 0 radical (unpaired) electrons. The van der Waals surface area contributed by atoms with Crippen LogP contribution in [0.4, 0.5) is 11.4 Å². The molecule has 0 saturated carbocycles. The Kier molecular flexibility index (Phi) is 5.45. The normalized spacial score (nSPS) is 13.4. The van der Waals surface area contributed by atoms with Crippen molar-refractivity contribution in [2.24, 2.45) is 10.1 Å². The second kappa shape index (κ2) is 8.45. The minimum Gasteiger partial charge on any atom is -0.378 e. The summed E-state index contributed by atoms with van der Waals surface area (Å²) in [4.78, 5) is 7.23. The lowest BCUT2D eigenvalue weighted by atomic mass is 9.86. The SMILES string of the molecule is CN(C)c1ccc(C2=NNC(c3ccc(C(C)(C)C)cc3)=Nc3c2ccc2ccccc32)cc1. The minimum absolute atomic E-state index is 0.101. The van der Waals surface area contributed by atoms with Crippen molar-refractivity contribution in [2.75, 3.05) is 19.0 Å². The monoisotopic (exact) mass is 446 g/mol. The molecule has 0 unspecified atom stereocenters. The molecule has 34 heavy (non-hydrogen) atoms. The fraction of sp³-hybridized carbons (Fsp3) is 0.200. The lowest BCUT2D eigenvalue weighted by molar-refractivity contribution is 0.590. The molecule has 4 nitrogen and oxygen atoms in total. The van der Waals surface area contributed by atoms with E-state index in [1.54, 1.807) is 0 Å². The van der Waals surface area contributed by atoms with Crippen molar-refractivity contribution in [3.63, 3.8) is 0 Å². The number of amidine groups is 1. The van der Waals surface area contributed by atoms with Gasteiger partial charge in [0.1, 0.15) is 0 Å². The van der Waals surface area contributed by atoms with E-state index in [4.69, 9.17) is 10.1 Å². The molecule has 1 aliphatic heterocycles. The molecule has 0 aliphatic carbocycles. The molecule has 170 valence electrons. The van der Waals surface area contributed by atoms with E-state index in [1.165, 1.54) is 5.56 Å². The van der Waals surface area contributed by atoms with E-state index in [0.29, 0.717) is 0 Å². The lowest BCUT2D eigenvalue weighted by Gasteiger charge is -2.19. The summed E-state index contributed by atoms with van der Waals surface area (Å²) in [6, 6.07) is 29.8. The maximum Gasteiger partial charge on any atom is 0.154 e. The Morgan fingerprint density at radius 2 is 1.41 bits per heavy atom. The second-order valence-corrected chi connectivity index (χ2v) is 9.98. The molecule has 0 aromatic heterocycles. The maximum atomic E-state index is 5.13. The Labute approximate surface area is 201 Å². The third-order valence-electron chi connectivity index (χ3n) is 6.33. The zero-order chi connectivity index (χ0) is 23.9. The third kappa shape index (κ3) is 4.08. The van der Waals surface area contributed by atoms with Crippen LogP contribution >= 0.6 is 0 Å². The number of anilines is 1. The average molecular weight is 447 g/mol. The molecule has 0 amide bonds. The van der Waals surface area contributed by atoms with Gasteiger partial charge in [-0.2, -0.15) is 5.10 Å². The first-order valence-corrected chi connectivity index (χ1v) is 11.6. The third-order valence-corrected chi connectivity index (χ3v) is 6.33. The minimum atomic E-state index is 0.101. The second-order valence-electron chi connectivity index (χ2n) is 9.98. The Morgan fingerprint density at radius 1 is 0.735 bits per heavy atom. The highest BCUT2D eigenvalue weighted by molar-refractivity contribution is 6.21. The lowest BCUT2D eigenvalue weighted by Crippen LogP contribution is -2.20. The van der Waals surface area contributed by atoms with Crippen molar-refractivity contribution in [3.8, 4) is 0 Å². The van der Waals surface area contributed by atoms with E-state index in [0.717, 1.165) is 50.4 Å². The standard InChI is InChI=1S/C30H30N4/c1-30(2,3)23-15-10-22(11-16-23)29-31-28-25-9-7-6-8-20(25)14-19-26(28)27(32-33-29)21-12-17-24(18-13-21)34(4)5/h6-19H,1-5H3,(H,31,33). The van der Waals surface area contributed by atoms with E-state index in [2.05, 4.69) is 116 Å². The number of hydrogen-bond acceptors (Lipinski definition) is 4. The van der Waals surface area contributed by atoms with E-state index in [1.807, 2.05) is 14.1 Å². The highest BCUT2D eigenvalue weighted by Crippen LogP contribution is 2.34. The molecule has 1 aliphatic rings. The first kappa shape index (κ1) is 21.9. The molecule has 1 heterocycles. The summed E-state index contributed by atoms with van der Waals surface area (Å²) in [5.41, 5.74) is 10.7. The molecule has 0 saturated heterocycles. The molecular weight excluding hydrogens is 416 g/mol. The predicted molar refractivity (Wildman–Crippen MR) is 145 cm³/mol. The van der Waals surface area contributed by atoms with Crippen LogP contribution in [0.25, 0.3) is 10.8 Å². The van der Waals surface area contributed by atoms with Gasteiger partial charge < -0.3 is 4.90 Å². The van der Waals surface area contributed by atoms with E-state index >= 15 is 0 Å². The molecular formula is C30H30N4. The number of aliphatic imine (C=N–C) groups is 1. The fourth-order valence-electron chi connectivity index (χ4n) is 4.27. The fourth-order valence-corrected chi connectivity index (χ4v) is 4.27. The van der Waals surface area contributed by atoms with Gasteiger partial charge in [-0.1, -0.05) is 87.5 Å². The van der Waals surface area contributed by atoms with E-state index < -0.39 is 0 Å². The summed E-state index contributed by atoms with van der Waals surface area (Å²) in [5, 5.41) is 7.15. The van der Waals surface area contributed by atoms with Crippen LogP contribution < -0.4 is 10.3 Å². The van der Waals surface area contributed by atoms with Crippen LogP contribution in [0, 0.1) is 0 Å². The van der Waals surface area contributed by atoms with Gasteiger partial charge in [0.2, 0.25) is 0 Å². The number of nitrogens with one attached hydrogen (secondary N) is 1. The molecule has 0 spiro atoms. The summed E-state index contributed by atoms with van der Waals surface area (Å²) < 4.78 is 0. The molecule has 4 heteroatoms. The highest BCUT2D eigenvalue weighted by atomic mass is 15.3. The number of nitrogens with zero attached hydrogens (tertiary/aromatic N) is 3.